The molecule has 0 amide bonds. The van der Waals surface area contributed by atoms with Crippen molar-refractivity contribution in [3.8, 4) is 23.7 Å². The summed E-state index contributed by atoms with van der Waals surface area (Å²) in [6.07, 6.45) is 5.67. The van der Waals surface area contributed by atoms with Crippen LogP contribution in [-0.2, 0) is 12.8 Å². The van der Waals surface area contributed by atoms with Crippen molar-refractivity contribution in [2.24, 2.45) is 0 Å². The topological polar surface area (TPSA) is 0 Å². The first-order valence-corrected chi connectivity index (χ1v) is 10.7. The van der Waals surface area contributed by atoms with Gasteiger partial charge in [-0.25, -0.2) is 4.39 Å². The Hall–Kier alpha value is -3.29. The van der Waals surface area contributed by atoms with Crippen molar-refractivity contribution in [1.29, 1.82) is 0 Å². The number of hydrogen-bond acceptors (Lipinski definition) is 0. The quantitative estimate of drug-likeness (QED) is 0.412. The summed E-state index contributed by atoms with van der Waals surface area (Å²) < 4.78 is 14.4. The zero-order chi connectivity index (χ0) is 21.2. The van der Waals surface area contributed by atoms with Gasteiger partial charge < -0.3 is 0 Å². The fourth-order valence-electron chi connectivity index (χ4n) is 3.16. The summed E-state index contributed by atoms with van der Waals surface area (Å²) in [7, 11) is 0. The van der Waals surface area contributed by atoms with Crippen LogP contribution in [0.5, 0.6) is 0 Å². The van der Waals surface area contributed by atoms with Gasteiger partial charge in [0.15, 0.2) is 0 Å². The first-order valence-electron chi connectivity index (χ1n) is 10.7. The highest BCUT2D eigenvalue weighted by molar-refractivity contribution is 5.49. The highest BCUT2D eigenvalue weighted by atomic mass is 19.1. The molecule has 3 aromatic carbocycles. The van der Waals surface area contributed by atoms with Crippen LogP contribution < -0.4 is 0 Å². The Bertz CT molecular complexity index is 1080. The molecule has 0 heterocycles. The lowest BCUT2D eigenvalue weighted by Gasteiger charge is -1.99. The van der Waals surface area contributed by atoms with Gasteiger partial charge in [0.25, 0.3) is 0 Å². The van der Waals surface area contributed by atoms with Crippen molar-refractivity contribution < 1.29 is 4.39 Å². The second kappa shape index (κ2) is 11.0. The Kier molecular flexibility index (Phi) is 7.88. The minimum Gasteiger partial charge on any atom is -0.206 e. The molecule has 0 spiro atoms. The van der Waals surface area contributed by atoms with E-state index in [9.17, 15) is 4.39 Å². The Morgan fingerprint density at radius 2 is 1.13 bits per heavy atom. The van der Waals surface area contributed by atoms with Crippen LogP contribution in [0.1, 0.15) is 66.5 Å². The molecule has 1 heteroatoms. The second-order valence-electron chi connectivity index (χ2n) is 7.44. The van der Waals surface area contributed by atoms with Crippen LogP contribution in [0.2, 0.25) is 0 Å². The monoisotopic (exact) mass is 394 g/mol. The number of unbranched alkanes of at least 4 members (excludes halogenated alkanes) is 1. The normalized spacial score (nSPS) is 9.97. The summed E-state index contributed by atoms with van der Waals surface area (Å²) >= 11 is 0. The molecule has 0 unspecified atom stereocenters. The van der Waals surface area contributed by atoms with Crippen molar-refractivity contribution in [2.75, 3.05) is 0 Å². The van der Waals surface area contributed by atoms with Gasteiger partial charge in [0.2, 0.25) is 0 Å². The summed E-state index contributed by atoms with van der Waals surface area (Å²) in [5, 5.41) is 0. The molecule has 0 bridgehead atoms. The lowest BCUT2D eigenvalue weighted by molar-refractivity contribution is 0.624. The Morgan fingerprint density at radius 1 is 0.600 bits per heavy atom. The lowest BCUT2D eigenvalue weighted by atomic mass is 10.1. The van der Waals surface area contributed by atoms with E-state index < -0.39 is 0 Å². The maximum absolute atomic E-state index is 14.4. The molecule has 0 saturated carbocycles. The second-order valence-corrected chi connectivity index (χ2v) is 7.44. The van der Waals surface area contributed by atoms with E-state index in [1.165, 1.54) is 30.0 Å². The number of halogens is 1. The van der Waals surface area contributed by atoms with E-state index in [1.807, 2.05) is 30.3 Å². The van der Waals surface area contributed by atoms with Crippen molar-refractivity contribution in [2.45, 2.75) is 46.0 Å². The molecular weight excluding hydrogens is 367 g/mol. The molecule has 0 nitrogen and oxygen atoms in total. The number of rotatable bonds is 5. The summed E-state index contributed by atoms with van der Waals surface area (Å²) in [6.45, 7) is 4.36. The molecule has 0 aliphatic rings. The van der Waals surface area contributed by atoms with Crippen molar-refractivity contribution in [3.05, 3.63) is 106 Å². The van der Waals surface area contributed by atoms with E-state index in [2.05, 4.69) is 61.8 Å². The van der Waals surface area contributed by atoms with Crippen LogP contribution in [0.4, 0.5) is 4.39 Å². The molecule has 30 heavy (non-hydrogen) atoms. The van der Waals surface area contributed by atoms with Crippen LogP contribution >= 0.6 is 0 Å². The average molecular weight is 395 g/mol. The maximum atomic E-state index is 14.4. The van der Waals surface area contributed by atoms with E-state index in [1.54, 1.807) is 6.07 Å². The van der Waals surface area contributed by atoms with Crippen LogP contribution in [0.3, 0.4) is 0 Å². The van der Waals surface area contributed by atoms with E-state index >= 15 is 0 Å². The summed E-state index contributed by atoms with van der Waals surface area (Å²) in [5.74, 6) is 11.8. The van der Waals surface area contributed by atoms with Gasteiger partial charge in [0.05, 0.1) is 5.56 Å². The Labute approximate surface area is 180 Å². The van der Waals surface area contributed by atoms with Gasteiger partial charge in [-0.1, -0.05) is 74.6 Å². The van der Waals surface area contributed by atoms with E-state index in [0.29, 0.717) is 11.1 Å². The molecule has 3 aromatic rings. The standard InChI is InChI=1S/C29H27F/c1-3-5-7-24-10-14-26(15-11-24)18-20-28-21-19-27(22-29(28)30)17-16-25-12-8-23(6-4-2)9-13-25/h8-15,19,21-22H,3-7H2,1-2H3. The first kappa shape index (κ1) is 21.4. The van der Waals surface area contributed by atoms with E-state index in [0.717, 1.165) is 30.4 Å². The minimum atomic E-state index is -0.341. The smallest absolute Gasteiger partial charge is 0.140 e. The van der Waals surface area contributed by atoms with Crippen LogP contribution in [0.25, 0.3) is 0 Å². The minimum absolute atomic E-state index is 0.341. The Balaban J connectivity index is 1.68. The van der Waals surface area contributed by atoms with Gasteiger partial charge in [0.1, 0.15) is 5.82 Å². The molecule has 0 fully saturated rings. The maximum Gasteiger partial charge on any atom is 0.140 e. The molecule has 3 rings (SSSR count). The van der Waals surface area contributed by atoms with Crippen LogP contribution in [0, 0.1) is 29.5 Å². The van der Waals surface area contributed by atoms with Crippen molar-refractivity contribution in [3.63, 3.8) is 0 Å². The third-order valence-corrected chi connectivity index (χ3v) is 4.93. The lowest BCUT2D eigenvalue weighted by Crippen LogP contribution is -1.87. The third-order valence-electron chi connectivity index (χ3n) is 4.93. The fraction of sp³-hybridized carbons (Fsp3) is 0.241. The Morgan fingerprint density at radius 3 is 1.70 bits per heavy atom. The predicted molar refractivity (Wildman–Crippen MR) is 124 cm³/mol. The number of hydrogen-bond donors (Lipinski definition) is 0. The molecule has 0 saturated heterocycles. The molecular formula is C29H27F. The van der Waals surface area contributed by atoms with E-state index in [4.69, 9.17) is 0 Å². The summed E-state index contributed by atoms with van der Waals surface area (Å²) in [5.41, 5.74) is 5.49. The van der Waals surface area contributed by atoms with Gasteiger partial charge in [-0.05, 0) is 72.9 Å². The summed E-state index contributed by atoms with van der Waals surface area (Å²) in [6, 6.07) is 21.4. The molecule has 0 aromatic heterocycles. The first-order chi connectivity index (χ1) is 14.7. The molecule has 0 aliphatic heterocycles. The number of benzene rings is 3. The fourth-order valence-corrected chi connectivity index (χ4v) is 3.16. The zero-order valence-electron chi connectivity index (χ0n) is 17.8. The number of aryl methyl sites for hydroxylation is 2. The highest BCUT2D eigenvalue weighted by Crippen LogP contribution is 2.11. The van der Waals surface area contributed by atoms with Gasteiger partial charge in [0, 0.05) is 16.7 Å². The summed E-state index contributed by atoms with van der Waals surface area (Å²) in [4.78, 5) is 0. The van der Waals surface area contributed by atoms with E-state index in [-0.39, 0.29) is 5.82 Å². The van der Waals surface area contributed by atoms with Crippen LogP contribution in [0.15, 0.2) is 66.7 Å². The molecule has 0 atom stereocenters. The van der Waals surface area contributed by atoms with Gasteiger partial charge in [-0.15, -0.1) is 0 Å². The van der Waals surface area contributed by atoms with Crippen molar-refractivity contribution >= 4 is 0 Å². The van der Waals surface area contributed by atoms with Crippen LogP contribution in [-0.4, -0.2) is 0 Å². The molecule has 150 valence electrons. The molecule has 0 radical (unpaired) electrons. The van der Waals surface area contributed by atoms with Gasteiger partial charge in [-0.3, -0.25) is 0 Å². The molecule has 0 aliphatic carbocycles. The predicted octanol–water partition coefficient (Wildman–Crippen LogP) is 6.92. The third kappa shape index (κ3) is 6.37. The van der Waals surface area contributed by atoms with Gasteiger partial charge >= 0.3 is 0 Å². The largest absolute Gasteiger partial charge is 0.206 e. The SMILES string of the molecule is CCCCc1ccc(C#Cc2ccc(C#Cc3ccc(CCC)cc3)cc2F)cc1. The van der Waals surface area contributed by atoms with Gasteiger partial charge in [-0.2, -0.15) is 0 Å². The zero-order valence-corrected chi connectivity index (χ0v) is 17.8. The average Bonchev–Trinajstić information content (AvgIpc) is 2.77. The molecule has 0 N–H and O–H groups in total. The highest BCUT2D eigenvalue weighted by Gasteiger charge is 2.00. The van der Waals surface area contributed by atoms with Crippen molar-refractivity contribution in [1.82, 2.24) is 0 Å².